The van der Waals surface area contributed by atoms with E-state index in [-0.39, 0.29) is 6.03 Å². The van der Waals surface area contributed by atoms with Gasteiger partial charge in [-0.25, -0.2) is 4.79 Å². The number of carbonyl (C=O) groups is 1. The van der Waals surface area contributed by atoms with E-state index in [1.165, 1.54) is 24.8 Å². The molecule has 0 radical (unpaired) electrons. The standard InChI is InChI=1S/C18H26N2O2/c21-18(19-11-15-7-4-8-15)20-10-9-17(12-20)14-22-13-16-5-2-1-3-6-16/h1-3,5-6,15,17H,4,7-14H2,(H,19,21)/t17-/m0/s1. The van der Waals surface area contributed by atoms with Gasteiger partial charge in [0.1, 0.15) is 0 Å². The van der Waals surface area contributed by atoms with Crippen molar-refractivity contribution in [3.05, 3.63) is 35.9 Å². The van der Waals surface area contributed by atoms with E-state index in [2.05, 4.69) is 17.4 Å². The highest BCUT2D eigenvalue weighted by Gasteiger charge is 2.27. The summed E-state index contributed by atoms with van der Waals surface area (Å²) in [6.45, 7) is 3.93. The van der Waals surface area contributed by atoms with E-state index < -0.39 is 0 Å². The molecule has 1 aromatic rings. The molecule has 22 heavy (non-hydrogen) atoms. The molecule has 1 saturated heterocycles. The van der Waals surface area contributed by atoms with Crippen molar-refractivity contribution >= 4 is 6.03 Å². The van der Waals surface area contributed by atoms with Crippen LogP contribution in [0.3, 0.4) is 0 Å². The van der Waals surface area contributed by atoms with E-state index in [0.717, 1.165) is 38.6 Å². The van der Waals surface area contributed by atoms with E-state index >= 15 is 0 Å². The smallest absolute Gasteiger partial charge is 0.317 e. The van der Waals surface area contributed by atoms with E-state index in [9.17, 15) is 4.79 Å². The fourth-order valence-electron chi connectivity index (χ4n) is 3.11. The van der Waals surface area contributed by atoms with Gasteiger partial charge in [0, 0.05) is 25.6 Å². The molecule has 0 bridgehead atoms. The summed E-state index contributed by atoms with van der Waals surface area (Å²) in [5.74, 6) is 1.19. The topological polar surface area (TPSA) is 41.6 Å². The van der Waals surface area contributed by atoms with Gasteiger partial charge < -0.3 is 15.0 Å². The van der Waals surface area contributed by atoms with Crippen molar-refractivity contribution in [2.75, 3.05) is 26.2 Å². The zero-order valence-electron chi connectivity index (χ0n) is 13.2. The Labute approximate surface area is 132 Å². The molecular formula is C18H26N2O2. The van der Waals surface area contributed by atoms with Gasteiger partial charge in [-0.2, -0.15) is 0 Å². The molecule has 2 amide bonds. The van der Waals surface area contributed by atoms with Crippen LogP contribution in [0.1, 0.15) is 31.2 Å². The zero-order valence-corrected chi connectivity index (χ0v) is 13.2. The molecule has 4 heteroatoms. The molecule has 2 fully saturated rings. The number of nitrogens with zero attached hydrogens (tertiary/aromatic N) is 1. The fourth-order valence-corrected chi connectivity index (χ4v) is 3.11. The highest BCUT2D eigenvalue weighted by molar-refractivity contribution is 5.74. The van der Waals surface area contributed by atoms with E-state index in [4.69, 9.17) is 4.74 Å². The number of benzene rings is 1. The first-order chi connectivity index (χ1) is 10.8. The van der Waals surface area contributed by atoms with Crippen LogP contribution in [0.5, 0.6) is 0 Å². The van der Waals surface area contributed by atoms with Gasteiger partial charge in [0.25, 0.3) is 0 Å². The van der Waals surface area contributed by atoms with Crippen molar-refractivity contribution in [3.63, 3.8) is 0 Å². The maximum Gasteiger partial charge on any atom is 0.317 e. The van der Waals surface area contributed by atoms with Crippen LogP contribution in [0.4, 0.5) is 4.79 Å². The molecule has 0 unspecified atom stereocenters. The highest BCUT2D eigenvalue weighted by atomic mass is 16.5. The summed E-state index contributed by atoms with van der Waals surface area (Å²) in [7, 11) is 0. The van der Waals surface area contributed by atoms with Crippen molar-refractivity contribution in [2.24, 2.45) is 11.8 Å². The van der Waals surface area contributed by atoms with Crippen LogP contribution in [0.25, 0.3) is 0 Å². The molecule has 1 saturated carbocycles. The van der Waals surface area contributed by atoms with E-state index in [1.807, 2.05) is 23.1 Å². The number of nitrogens with one attached hydrogen (secondary N) is 1. The first kappa shape index (κ1) is 15.3. The molecule has 1 aliphatic heterocycles. The van der Waals surface area contributed by atoms with Gasteiger partial charge in [-0.15, -0.1) is 0 Å². The van der Waals surface area contributed by atoms with Crippen LogP contribution in [0.2, 0.25) is 0 Å². The second-order valence-electron chi connectivity index (χ2n) is 6.58. The predicted molar refractivity (Wildman–Crippen MR) is 86.5 cm³/mol. The summed E-state index contributed by atoms with van der Waals surface area (Å²) in [5, 5.41) is 3.08. The highest BCUT2D eigenvalue weighted by Crippen LogP contribution is 2.25. The normalized spacial score (nSPS) is 21.6. The molecule has 120 valence electrons. The minimum absolute atomic E-state index is 0.109. The van der Waals surface area contributed by atoms with Crippen LogP contribution < -0.4 is 5.32 Å². The monoisotopic (exact) mass is 302 g/mol. The summed E-state index contributed by atoms with van der Waals surface area (Å²) < 4.78 is 5.80. The number of rotatable bonds is 6. The summed E-state index contributed by atoms with van der Waals surface area (Å²) in [5.41, 5.74) is 1.20. The Bertz CT molecular complexity index is 473. The third-order valence-corrected chi connectivity index (χ3v) is 4.80. The maximum absolute atomic E-state index is 12.1. The number of likely N-dealkylation sites (tertiary alicyclic amines) is 1. The SMILES string of the molecule is O=C(NCC1CCC1)N1CC[C@H](COCc2ccccc2)C1. The Morgan fingerprint density at radius 3 is 2.73 bits per heavy atom. The first-order valence-corrected chi connectivity index (χ1v) is 8.45. The molecule has 1 aromatic carbocycles. The Kier molecular flexibility index (Phi) is 5.33. The number of ether oxygens (including phenoxy) is 1. The van der Waals surface area contributed by atoms with Crippen LogP contribution in [0, 0.1) is 11.8 Å². The van der Waals surface area contributed by atoms with Crippen LogP contribution >= 0.6 is 0 Å². The van der Waals surface area contributed by atoms with Crippen molar-refractivity contribution in [1.29, 1.82) is 0 Å². The number of urea groups is 1. The van der Waals surface area contributed by atoms with Crippen LogP contribution in [0.15, 0.2) is 30.3 Å². The second-order valence-corrected chi connectivity index (χ2v) is 6.58. The van der Waals surface area contributed by atoms with Crippen molar-refractivity contribution in [1.82, 2.24) is 10.2 Å². The van der Waals surface area contributed by atoms with Gasteiger partial charge in [0.05, 0.1) is 13.2 Å². The third-order valence-electron chi connectivity index (χ3n) is 4.80. The van der Waals surface area contributed by atoms with Crippen LogP contribution in [-0.4, -0.2) is 37.2 Å². The van der Waals surface area contributed by atoms with Gasteiger partial charge >= 0.3 is 6.03 Å². The Balaban J connectivity index is 1.32. The summed E-state index contributed by atoms with van der Waals surface area (Å²) in [4.78, 5) is 14.0. The summed E-state index contributed by atoms with van der Waals surface area (Å²) >= 11 is 0. The Morgan fingerprint density at radius 2 is 2.00 bits per heavy atom. The van der Waals surface area contributed by atoms with Crippen molar-refractivity contribution < 1.29 is 9.53 Å². The van der Waals surface area contributed by atoms with Gasteiger partial charge in [-0.3, -0.25) is 0 Å². The van der Waals surface area contributed by atoms with E-state index in [1.54, 1.807) is 0 Å². The lowest BCUT2D eigenvalue weighted by Gasteiger charge is -2.26. The molecule has 1 heterocycles. The number of amides is 2. The largest absolute Gasteiger partial charge is 0.376 e. The minimum Gasteiger partial charge on any atom is -0.376 e. The van der Waals surface area contributed by atoms with Gasteiger partial charge in [0.2, 0.25) is 0 Å². The van der Waals surface area contributed by atoms with E-state index in [0.29, 0.717) is 12.5 Å². The molecule has 0 aromatic heterocycles. The molecule has 1 N–H and O–H groups in total. The fraction of sp³-hybridized carbons (Fsp3) is 0.611. The second kappa shape index (κ2) is 7.63. The molecule has 1 aliphatic carbocycles. The average Bonchev–Trinajstić information content (AvgIpc) is 2.95. The van der Waals surface area contributed by atoms with Crippen molar-refractivity contribution in [2.45, 2.75) is 32.3 Å². The molecule has 3 rings (SSSR count). The first-order valence-electron chi connectivity index (χ1n) is 8.45. The Hall–Kier alpha value is -1.55. The predicted octanol–water partition coefficient (Wildman–Crippen LogP) is 3.03. The molecular weight excluding hydrogens is 276 g/mol. The lowest BCUT2D eigenvalue weighted by Crippen LogP contribution is -2.41. The third kappa shape index (κ3) is 4.23. The number of hydrogen-bond donors (Lipinski definition) is 1. The van der Waals surface area contributed by atoms with Crippen LogP contribution in [-0.2, 0) is 11.3 Å². The maximum atomic E-state index is 12.1. The van der Waals surface area contributed by atoms with Gasteiger partial charge in [-0.1, -0.05) is 36.8 Å². The average molecular weight is 302 g/mol. The quantitative estimate of drug-likeness (QED) is 0.877. The molecule has 2 aliphatic rings. The lowest BCUT2D eigenvalue weighted by molar-refractivity contribution is 0.0897. The van der Waals surface area contributed by atoms with Gasteiger partial charge in [-0.05, 0) is 30.7 Å². The Morgan fingerprint density at radius 1 is 1.18 bits per heavy atom. The minimum atomic E-state index is 0.109. The summed E-state index contributed by atoms with van der Waals surface area (Å²) in [6, 6.07) is 10.3. The van der Waals surface area contributed by atoms with Gasteiger partial charge in [0.15, 0.2) is 0 Å². The molecule has 0 spiro atoms. The lowest BCUT2D eigenvalue weighted by atomic mass is 9.85. The number of carbonyl (C=O) groups excluding carboxylic acids is 1. The van der Waals surface area contributed by atoms with Crippen molar-refractivity contribution in [3.8, 4) is 0 Å². The molecule has 1 atom stereocenters. The zero-order chi connectivity index (χ0) is 15.2. The summed E-state index contributed by atoms with van der Waals surface area (Å²) in [6.07, 6.45) is 4.92. The molecule has 4 nitrogen and oxygen atoms in total. The number of hydrogen-bond acceptors (Lipinski definition) is 2.